The molecule has 0 radical (unpaired) electrons. The molecular weight excluding hydrogens is 542 g/mol. The van der Waals surface area contributed by atoms with Gasteiger partial charge in [0, 0.05) is 27.8 Å². The molecule has 0 bridgehead atoms. The minimum absolute atomic E-state index is 0.151. The Balaban J connectivity index is 1.35. The average molecular weight is 574 g/mol. The van der Waals surface area contributed by atoms with Gasteiger partial charge in [-0.15, -0.1) is 0 Å². The zero-order valence-electron chi connectivity index (χ0n) is 25.4. The molecule has 0 N–H and O–H groups in total. The van der Waals surface area contributed by atoms with E-state index in [-0.39, 0.29) is 11.3 Å². The molecule has 1 aromatic heterocycles. The van der Waals surface area contributed by atoms with E-state index in [1.54, 1.807) is 0 Å². The quantitative estimate of drug-likeness (QED) is 0.194. The van der Waals surface area contributed by atoms with Crippen LogP contribution in [0.4, 0.5) is 0 Å². The second-order valence-electron chi connectivity index (χ2n) is 13.2. The lowest BCUT2D eigenvalue weighted by molar-refractivity contribution is 0.664. The van der Waals surface area contributed by atoms with Crippen LogP contribution in [-0.4, -0.2) is 4.57 Å². The highest BCUT2D eigenvalue weighted by Gasteiger charge is 2.40. The van der Waals surface area contributed by atoms with Gasteiger partial charge in [-0.2, -0.15) is 0 Å². The van der Waals surface area contributed by atoms with E-state index in [1.165, 1.54) is 88.3 Å². The zero-order chi connectivity index (χ0) is 29.9. The van der Waals surface area contributed by atoms with Gasteiger partial charge in [-0.05, 0) is 79.0 Å². The Morgan fingerprint density at radius 3 is 2.02 bits per heavy atom. The number of hydrogen-bond donors (Lipinski definition) is 0. The Kier molecular flexibility index (Phi) is 4.90. The van der Waals surface area contributed by atoms with E-state index in [2.05, 4.69) is 164 Å². The van der Waals surface area contributed by atoms with Gasteiger partial charge in [0.1, 0.15) is 0 Å². The fourth-order valence-corrected chi connectivity index (χ4v) is 8.79. The summed E-state index contributed by atoms with van der Waals surface area (Å²) in [5.74, 6) is 0.242. The summed E-state index contributed by atoms with van der Waals surface area (Å²) < 4.78 is 2.57. The van der Waals surface area contributed by atoms with Crippen LogP contribution in [0.1, 0.15) is 47.6 Å². The number of rotatable bonds is 2. The highest BCUT2D eigenvalue weighted by Crippen LogP contribution is 2.56. The number of hydrogen-bond acceptors (Lipinski definition) is 0. The number of aromatic nitrogens is 1. The molecule has 1 heteroatoms. The van der Waals surface area contributed by atoms with Gasteiger partial charge in [-0.3, -0.25) is 0 Å². The van der Waals surface area contributed by atoms with E-state index >= 15 is 0 Å². The van der Waals surface area contributed by atoms with Gasteiger partial charge in [0.25, 0.3) is 0 Å². The third-order valence-corrected chi connectivity index (χ3v) is 10.6. The van der Waals surface area contributed by atoms with E-state index in [0.29, 0.717) is 0 Å². The molecule has 0 aliphatic heterocycles. The number of fused-ring (bicyclic) bond motifs is 13. The van der Waals surface area contributed by atoms with E-state index in [1.807, 2.05) is 0 Å². The van der Waals surface area contributed by atoms with E-state index in [0.717, 1.165) is 0 Å². The maximum absolute atomic E-state index is 2.57. The molecule has 212 valence electrons. The van der Waals surface area contributed by atoms with Gasteiger partial charge in [0.05, 0.1) is 11.0 Å². The highest BCUT2D eigenvalue weighted by atomic mass is 15.0. The molecular formula is C44H31N. The van der Waals surface area contributed by atoms with Crippen molar-refractivity contribution < 1.29 is 0 Å². The lowest BCUT2D eigenvalue weighted by Gasteiger charge is -2.24. The first kappa shape index (κ1) is 25.0. The van der Waals surface area contributed by atoms with Crippen molar-refractivity contribution in [2.75, 3.05) is 0 Å². The third-order valence-electron chi connectivity index (χ3n) is 10.6. The molecule has 0 saturated carbocycles. The lowest BCUT2D eigenvalue weighted by atomic mass is 9.80. The Bertz CT molecular complexity index is 2510. The molecule has 2 aliphatic carbocycles. The standard InChI is InChI=1S/C44H31N/c1-44(2)37-22-12-10-20-34(37)40-31-18-8-9-19-32(31)41-35-21-11-13-23-38(35)45(43(41)42(40)44)28-24-25-33-36(26-28)29-16-6-7-17-30(29)39(33)27-14-4-3-5-15-27/h3-26,39H,1-2H3. The van der Waals surface area contributed by atoms with E-state index < -0.39 is 0 Å². The molecule has 0 saturated heterocycles. The Hall–Kier alpha value is -5.40. The first-order chi connectivity index (χ1) is 22.1. The van der Waals surface area contributed by atoms with Gasteiger partial charge < -0.3 is 4.57 Å². The van der Waals surface area contributed by atoms with Crippen molar-refractivity contribution in [3.63, 3.8) is 0 Å². The van der Waals surface area contributed by atoms with Crippen molar-refractivity contribution in [2.24, 2.45) is 0 Å². The lowest BCUT2D eigenvalue weighted by Crippen LogP contribution is -2.16. The van der Waals surface area contributed by atoms with Crippen molar-refractivity contribution in [2.45, 2.75) is 25.2 Å². The van der Waals surface area contributed by atoms with Crippen LogP contribution in [-0.2, 0) is 5.41 Å². The SMILES string of the molecule is CC1(C)c2ccccc2-c2c1c1c(c3ccccc23)c2ccccc2n1-c1ccc2c(c1)-c1ccccc1C2c1ccccc1. The molecule has 1 unspecified atom stereocenters. The number of nitrogens with zero attached hydrogens (tertiary/aromatic N) is 1. The van der Waals surface area contributed by atoms with Gasteiger partial charge in [-0.1, -0.05) is 141 Å². The summed E-state index contributed by atoms with van der Waals surface area (Å²) in [6.45, 7) is 4.83. The Labute approximate surface area is 263 Å². The molecule has 0 amide bonds. The number of para-hydroxylation sites is 1. The fourth-order valence-electron chi connectivity index (χ4n) is 8.79. The van der Waals surface area contributed by atoms with Crippen molar-refractivity contribution in [1.29, 1.82) is 0 Å². The largest absolute Gasteiger partial charge is 0.309 e. The summed E-state index contributed by atoms with van der Waals surface area (Å²) in [5, 5.41) is 5.32. The maximum atomic E-state index is 2.57. The molecule has 8 aromatic rings. The minimum atomic E-state index is -0.151. The second kappa shape index (κ2) is 8.83. The third kappa shape index (κ3) is 3.18. The molecule has 7 aromatic carbocycles. The van der Waals surface area contributed by atoms with Gasteiger partial charge in [-0.25, -0.2) is 0 Å². The normalized spacial score (nSPS) is 15.7. The van der Waals surface area contributed by atoms with Crippen molar-refractivity contribution in [1.82, 2.24) is 4.57 Å². The van der Waals surface area contributed by atoms with Gasteiger partial charge in [0.15, 0.2) is 0 Å². The van der Waals surface area contributed by atoms with E-state index in [9.17, 15) is 0 Å². The van der Waals surface area contributed by atoms with Crippen LogP contribution in [0.15, 0.2) is 146 Å². The Morgan fingerprint density at radius 2 is 1.18 bits per heavy atom. The number of benzene rings is 7. The van der Waals surface area contributed by atoms with Crippen molar-refractivity contribution in [3.8, 4) is 27.9 Å². The minimum Gasteiger partial charge on any atom is -0.309 e. The van der Waals surface area contributed by atoms with E-state index in [4.69, 9.17) is 0 Å². The van der Waals surface area contributed by atoms with Crippen LogP contribution in [0.2, 0.25) is 0 Å². The molecule has 1 heterocycles. The maximum Gasteiger partial charge on any atom is 0.0594 e. The predicted molar refractivity (Wildman–Crippen MR) is 189 cm³/mol. The van der Waals surface area contributed by atoms with Crippen LogP contribution in [0.25, 0.3) is 60.5 Å². The second-order valence-corrected chi connectivity index (χ2v) is 13.2. The van der Waals surface area contributed by atoms with Crippen LogP contribution >= 0.6 is 0 Å². The smallest absolute Gasteiger partial charge is 0.0594 e. The van der Waals surface area contributed by atoms with Crippen LogP contribution < -0.4 is 0 Å². The van der Waals surface area contributed by atoms with Crippen LogP contribution in [0.5, 0.6) is 0 Å². The molecule has 0 spiro atoms. The van der Waals surface area contributed by atoms with Gasteiger partial charge >= 0.3 is 0 Å². The van der Waals surface area contributed by atoms with Crippen molar-refractivity contribution >= 4 is 32.6 Å². The molecule has 10 rings (SSSR count). The topological polar surface area (TPSA) is 4.93 Å². The monoisotopic (exact) mass is 573 g/mol. The van der Waals surface area contributed by atoms with Crippen LogP contribution in [0.3, 0.4) is 0 Å². The fraction of sp³-hybridized carbons (Fsp3) is 0.0909. The molecule has 1 nitrogen and oxygen atoms in total. The zero-order valence-corrected chi connectivity index (χ0v) is 25.4. The molecule has 1 atom stereocenters. The molecule has 2 aliphatic rings. The average Bonchev–Trinajstić information content (AvgIpc) is 3.69. The summed E-state index contributed by atoms with van der Waals surface area (Å²) in [5.41, 5.74) is 16.0. The predicted octanol–water partition coefficient (Wildman–Crippen LogP) is 11.4. The summed E-state index contributed by atoms with van der Waals surface area (Å²) in [7, 11) is 0. The molecule has 45 heavy (non-hydrogen) atoms. The summed E-state index contributed by atoms with van der Waals surface area (Å²) >= 11 is 0. The summed E-state index contributed by atoms with van der Waals surface area (Å²) in [4.78, 5) is 0. The highest BCUT2D eigenvalue weighted by molar-refractivity contribution is 6.27. The van der Waals surface area contributed by atoms with Crippen LogP contribution in [0, 0.1) is 0 Å². The van der Waals surface area contributed by atoms with Crippen molar-refractivity contribution in [3.05, 3.63) is 173 Å². The first-order valence-electron chi connectivity index (χ1n) is 16.0. The summed E-state index contributed by atoms with van der Waals surface area (Å²) in [6.07, 6.45) is 0. The Morgan fingerprint density at radius 1 is 0.533 bits per heavy atom. The molecule has 0 fully saturated rings. The first-order valence-corrected chi connectivity index (χ1v) is 16.0. The summed E-state index contributed by atoms with van der Waals surface area (Å²) in [6, 6.07) is 54.3. The van der Waals surface area contributed by atoms with Gasteiger partial charge in [0.2, 0.25) is 0 Å².